The molecule has 5 nitrogen and oxygen atoms in total. The zero-order chi connectivity index (χ0) is 13.5. The SMILES string of the molecule is CC(CCO)CNCc1ccc([N+](=O)[O-])cc1Cl. The van der Waals surface area contributed by atoms with Gasteiger partial charge in [-0.1, -0.05) is 18.5 Å². The van der Waals surface area contributed by atoms with Gasteiger partial charge >= 0.3 is 0 Å². The van der Waals surface area contributed by atoms with E-state index in [0.29, 0.717) is 17.5 Å². The highest BCUT2D eigenvalue weighted by Gasteiger charge is 2.09. The third kappa shape index (κ3) is 4.60. The third-order valence-corrected chi connectivity index (χ3v) is 3.03. The molecule has 100 valence electrons. The molecule has 6 heteroatoms. The number of nitrogens with zero attached hydrogens (tertiary/aromatic N) is 1. The fraction of sp³-hybridized carbons (Fsp3) is 0.500. The molecule has 0 bridgehead atoms. The van der Waals surface area contributed by atoms with Crippen molar-refractivity contribution in [2.24, 2.45) is 5.92 Å². The van der Waals surface area contributed by atoms with Crippen LogP contribution in [-0.4, -0.2) is 23.2 Å². The van der Waals surface area contributed by atoms with Gasteiger partial charge in [-0.25, -0.2) is 0 Å². The van der Waals surface area contributed by atoms with Crippen molar-refractivity contribution in [3.05, 3.63) is 38.9 Å². The first kappa shape index (κ1) is 14.9. The molecule has 0 aliphatic rings. The zero-order valence-corrected chi connectivity index (χ0v) is 11.0. The quantitative estimate of drug-likeness (QED) is 0.590. The van der Waals surface area contributed by atoms with E-state index in [1.807, 2.05) is 6.92 Å². The number of halogens is 1. The maximum Gasteiger partial charge on any atom is 0.270 e. The molecule has 1 aromatic rings. The standard InChI is InChI=1S/C12H17ClN2O3/c1-9(4-5-16)7-14-8-10-2-3-11(15(17)18)6-12(10)13/h2-3,6,9,14,16H,4-5,7-8H2,1H3. The number of rotatable bonds is 7. The maximum absolute atomic E-state index is 10.5. The van der Waals surface area contributed by atoms with Gasteiger partial charge in [0.15, 0.2) is 0 Å². The Balaban J connectivity index is 2.50. The lowest BCUT2D eigenvalue weighted by atomic mass is 10.1. The van der Waals surface area contributed by atoms with Gasteiger partial charge in [-0.05, 0) is 30.5 Å². The number of nitro groups is 1. The first-order valence-electron chi connectivity index (χ1n) is 5.79. The largest absolute Gasteiger partial charge is 0.396 e. The van der Waals surface area contributed by atoms with Crippen LogP contribution in [0.15, 0.2) is 18.2 Å². The van der Waals surface area contributed by atoms with Gasteiger partial charge in [0, 0.05) is 25.3 Å². The molecule has 1 atom stereocenters. The molecule has 0 aromatic heterocycles. The summed E-state index contributed by atoms with van der Waals surface area (Å²) in [6, 6.07) is 4.46. The first-order valence-corrected chi connectivity index (χ1v) is 6.16. The Kier molecular flexibility index (Phi) is 6.04. The van der Waals surface area contributed by atoms with Crippen molar-refractivity contribution in [2.45, 2.75) is 19.9 Å². The molecule has 0 amide bonds. The molecule has 2 N–H and O–H groups in total. The Morgan fingerprint density at radius 1 is 1.56 bits per heavy atom. The van der Waals surface area contributed by atoms with Gasteiger partial charge in [-0.2, -0.15) is 0 Å². The van der Waals surface area contributed by atoms with Gasteiger partial charge in [0.05, 0.1) is 9.95 Å². The molecule has 0 aliphatic heterocycles. The summed E-state index contributed by atoms with van der Waals surface area (Å²) in [6.45, 7) is 3.56. The summed E-state index contributed by atoms with van der Waals surface area (Å²) in [5.74, 6) is 0.381. The van der Waals surface area contributed by atoms with Crippen LogP contribution >= 0.6 is 11.6 Å². The molecule has 0 fully saturated rings. The van der Waals surface area contributed by atoms with Gasteiger partial charge in [0.25, 0.3) is 5.69 Å². The molecule has 0 aliphatic carbocycles. The van der Waals surface area contributed by atoms with Crippen LogP contribution in [0.1, 0.15) is 18.9 Å². The Morgan fingerprint density at radius 2 is 2.28 bits per heavy atom. The predicted octanol–water partition coefficient (Wildman–Crippen LogP) is 2.36. The van der Waals surface area contributed by atoms with Crippen molar-refractivity contribution >= 4 is 17.3 Å². The topological polar surface area (TPSA) is 75.4 Å². The number of benzene rings is 1. The van der Waals surface area contributed by atoms with Crippen LogP contribution in [0.4, 0.5) is 5.69 Å². The minimum Gasteiger partial charge on any atom is -0.396 e. The molecule has 0 spiro atoms. The van der Waals surface area contributed by atoms with Crippen molar-refractivity contribution < 1.29 is 10.0 Å². The van der Waals surface area contributed by atoms with Crippen molar-refractivity contribution in [3.63, 3.8) is 0 Å². The van der Waals surface area contributed by atoms with E-state index in [1.165, 1.54) is 12.1 Å². The van der Waals surface area contributed by atoms with Gasteiger partial charge < -0.3 is 10.4 Å². The van der Waals surface area contributed by atoms with Gasteiger partial charge in [0.2, 0.25) is 0 Å². The molecular formula is C12H17ClN2O3. The van der Waals surface area contributed by atoms with Gasteiger partial charge in [0.1, 0.15) is 0 Å². The number of hydrogen-bond donors (Lipinski definition) is 2. The van der Waals surface area contributed by atoms with Crippen LogP contribution in [0, 0.1) is 16.0 Å². The van der Waals surface area contributed by atoms with Crippen molar-refractivity contribution in [2.75, 3.05) is 13.2 Å². The fourth-order valence-electron chi connectivity index (χ4n) is 1.57. The lowest BCUT2D eigenvalue weighted by Crippen LogP contribution is -2.21. The summed E-state index contributed by atoms with van der Waals surface area (Å²) < 4.78 is 0. The zero-order valence-electron chi connectivity index (χ0n) is 10.2. The molecule has 1 aromatic carbocycles. The second kappa shape index (κ2) is 7.31. The number of nitrogens with one attached hydrogen (secondary N) is 1. The Labute approximate surface area is 111 Å². The summed E-state index contributed by atoms with van der Waals surface area (Å²) in [4.78, 5) is 10.1. The van der Waals surface area contributed by atoms with E-state index in [4.69, 9.17) is 16.7 Å². The van der Waals surface area contributed by atoms with E-state index in [0.717, 1.165) is 18.5 Å². The minimum atomic E-state index is -0.466. The van der Waals surface area contributed by atoms with E-state index < -0.39 is 4.92 Å². The molecule has 0 saturated heterocycles. The van der Waals surface area contributed by atoms with Crippen LogP contribution in [0.5, 0.6) is 0 Å². The second-order valence-corrected chi connectivity index (χ2v) is 4.69. The van der Waals surface area contributed by atoms with E-state index in [-0.39, 0.29) is 12.3 Å². The number of non-ortho nitro benzene ring substituents is 1. The average molecular weight is 273 g/mol. The van der Waals surface area contributed by atoms with Crippen molar-refractivity contribution in [3.8, 4) is 0 Å². The number of aliphatic hydroxyl groups excluding tert-OH is 1. The average Bonchev–Trinajstić information content (AvgIpc) is 2.31. The van der Waals surface area contributed by atoms with Crippen LogP contribution in [0.25, 0.3) is 0 Å². The number of aliphatic hydroxyl groups is 1. The highest BCUT2D eigenvalue weighted by atomic mass is 35.5. The monoisotopic (exact) mass is 272 g/mol. The van der Waals surface area contributed by atoms with Crippen LogP contribution in [-0.2, 0) is 6.54 Å². The molecule has 0 saturated carbocycles. The Morgan fingerprint density at radius 3 is 2.83 bits per heavy atom. The second-order valence-electron chi connectivity index (χ2n) is 4.28. The molecule has 1 rings (SSSR count). The van der Waals surface area contributed by atoms with E-state index >= 15 is 0 Å². The lowest BCUT2D eigenvalue weighted by Gasteiger charge is -2.11. The molecular weight excluding hydrogens is 256 g/mol. The normalized spacial score (nSPS) is 12.4. The first-order chi connectivity index (χ1) is 8.54. The van der Waals surface area contributed by atoms with Gasteiger partial charge in [-0.3, -0.25) is 10.1 Å². The molecule has 1 unspecified atom stereocenters. The fourth-order valence-corrected chi connectivity index (χ4v) is 1.81. The molecule has 0 radical (unpaired) electrons. The Bertz CT molecular complexity index is 412. The molecule has 0 heterocycles. The highest BCUT2D eigenvalue weighted by Crippen LogP contribution is 2.22. The summed E-state index contributed by atoms with van der Waals surface area (Å²) in [5, 5.41) is 22.9. The van der Waals surface area contributed by atoms with E-state index in [2.05, 4.69) is 5.32 Å². The highest BCUT2D eigenvalue weighted by molar-refractivity contribution is 6.31. The van der Waals surface area contributed by atoms with E-state index in [1.54, 1.807) is 6.07 Å². The van der Waals surface area contributed by atoms with E-state index in [9.17, 15) is 10.1 Å². The predicted molar refractivity (Wildman–Crippen MR) is 70.7 cm³/mol. The van der Waals surface area contributed by atoms with Crippen LogP contribution < -0.4 is 5.32 Å². The third-order valence-electron chi connectivity index (χ3n) is 2.68. The minimum absolute atomic E-state index is 0.00241. The molecule has 18 heavy (non-hydrogen) atoms. The van der Waals surface area contributed by atoms with Crippen LogP contribution in [0.2, 0.25) is 5.02 Å². The van der Waals surface area contributed by atoms with Gasteiger partial charge in [-0.15, -0.1) is 0 Å². The summed E-state index contributed by atoms with van der Waals surface area (Å²) in [6.07, 6.45) is 0.751. The number of hydrogen-bond acceptors (Lipinski definition) is 4. The maximum atomic E-state index is 10.5. The summed E-state index contributed by atoms with van der Waals surface area (Å²) in [5.41, 5.74) is 0.830. The Hall–Kier alpha value is -1.17. The number of nitro benzene ring substituents is 1. The van der Waals surface area contributed by atoms with Crippen molar-refractivity contribution in [1.29, 1.82) is 0 Å². The van der Waals surface area contributed by atoms with Crippen LogP contribution in [0.3, 0.4) is 0 Å². The lowest BCUT2D eigenvalue weighted by molar-refractivity contribution is -0.384. The summed E-state index contributed by atoms with van der Waals surface area (Å²) >= 11 is 5.97. The van der Waals surface area contributed by atoms with Crippen molar-refractivity contribution in [1.82, 2.24) is 5.32 Å². The smallest absolute Gasteiger partial charge is 0.270 e. The summed E-state index contributed by atoms with van der Waals surface area (Å²) in [7, 11) is 0.